The van der Waals surface area contributed by atoms with Crippen LogP contribution in [-0.4, -0.2) is 14.5 Å². The summed E-state index contributed by atoms with van der Waals surface area (Å²) in [6, 6.07) is 11.9. The van der Waals surface area contributed by atoms with Crippen molar-refractivity contribution in [2.75, 3.05) is 0 Å². The molecule has 0 bridgehead atoms. The topological polar surface area (TPSA) is 59.9 Å². The molecule has 4 rings (SSSR count). The van der Waals surface area contributed by atoms with Gasteiger partial charge in [0, 0.05) is 16.8 Å². The number of pyridine rings is 1. The quantitative estimate of drug-likeness (QED) is 0.440. The Kier molecular flexibility index (Phi) is 4.95. The first-order valence-corrected chi connectivity index (χ1v) is 9.55. The number of aromatic nitrogens is 3. The average Bonchev–Trinajstić information content (AvgIpc) is 2.95. The maximum Gasteiger partial charge on any atom is 0.327 e. The van der Waals surface area contributed by atoms with Crippen molar-refractivity contribution >= 4 is 38.7 Å². The molecule has 0 fully saturated rings. The van der Waals surface area contributed by atoms with Crippen LogP contribution >= 0.6 is 27.5 Å². The monoisotopic (exact) mass is 461 g/mol. The molecule has 0 unspecified atom stereocenters. The number of nitrogens with zero attached hydrogens (tertiary/aromatic N) is 2. The van der Waals surface area contributed by atoms with Gasteiger partial charge in [-0.2, -0.15) is 0 Å². The molecule has 0 spiro atoms. The normalized spacial score (nSPS) is 11.1. The second kappa shape index (κ2) is 7.41. The van der Waals surface area contributed by atoms with Crippen LogP contribution in [0, 0.1) is 12.7 Å². The van der Waals surface area contributed by atoms with Crippen molar-refractivity contribution in [1.82, 2.24) is 14.5 Å². The first-order chi connectivity index (χ1) is 13.4. The van der Waals surface area contributed by atoms with Crippen LogP contribution in [0.4, 0.5) is 4.39 Å². The molecule has 0 aliphatic rings. The van der Waals surface area contributed by atoms with Crippen molar-refractivity contribution in [2.45, 2.75) is 13.5 Å². The lowest BCUT2D eigenvalue weighted by Crippen LogP contribution is -2.18. The summed E-state index contributed by atoms with van der Waals surface area (Å²) in [6.07, 6.45) is 1.59. The van der Waals surface area contributed by atoms with Crippen LogP contribution in [0.15, 0.2) is 57.9 Å². The summed E-state index contributed by atoms with van der Waals surface area (Å²) in [4.78, 5) is 19.0. The Morgan fingerprint density at radius 2 is 2.11 bits per heavy atom. The molecule has 2 aromatic heterocycles. The highest BCUT2D eigenvalue weighted by Gasteiger charge is 2.17. The molecule has 142 valence electrons. The summed E-state index contributed by atoms with van der Waals surface area (Å²) < 4.78 is 22.9. The zero-order chi connectivity index (χ0) is 19.8. The van der Waals surface area contributed by atoms with Crippen LogP contribution < -0.4 is 10.4 Å². The SMILES string of the molecule is Cc1cc(Cl)cc(Oc2c(Br)ccc(Cn3c(=O)[nH]c4ncccc43)c2F)c1. The van der Waals surface area contributed by atoms with Gasteiger partial charge >= 0.3 is 5.69 Å². The van der Waals surface area contributed by atoms with E-state index in [0.29, 0.717) is 32.0 Å². The fraction of sp³-hybridized carbons (Fsp3) is 0.100. The average molecular weight is 463 g/mol. The minimum atomic E-state index is -0.558. The Morgan fingerprint density at radius 3 is 2.89 bits per heavy atom. The van der Waals surface area contributed by atoms with E-state index in [1.54, 1.807) is 48.7 Å². The number of aromatic amines is 1. The van der Waals surface area contributed by atoms with Crippen LogP contribution in [0.25, 0.3) is 11.2 Å². The summed E-state index contributed by atoms with van der Waals surface area (Å²) in [7, 11) is 0. The molecule has 0 saturated heterocycles. The third-order valence-corrected chi connectivity index (χ3v) is 5.08. The van der Waals surface area contributed by atoms with Crippen LogP contribution in [0.2, 0.25) is 5.02 Å². The molecule has 0 aliphatic carbocycles. The highest BCUT2D eigenvalue weighted by atomic mass is 79.9. The molecule has 0 amide bonds. The Labute approximate surface area is 172 Å². The van der Waals surface area contributed by atoms with Crippen molar-refractivity contribution < 1.29 is 9.13 Å². The number of ether oxygens (including phenoxy) is 1. The van der Waals surface area contributed by atoms with Crippen molar-refractivity contribution in [3.8, 4) is 11.5 Å². The molecule has 0 atom stereocenters. The zero-order valence-corrected chi connectivity index (χ0v) is 17.0. The fourth-order valence-corrected chi connectivity index (χ4v) is 3.65. The van der Waals surface area contributed by atoms with Gasteiger partial charge in [0.25, 0.3) is 0 Å². The van der Waals surface area contributed by atoms with E-state index in [1.165, 1.54) is 4.57 Å². The van der Waals surface area contributed by atoms with E-state index < -0.39 is 5.82 Å². The zero-order valence-electron chi connectivity index (χ0n) is 14.7. The minimum absolute atomic E-state index is 0.0326. The summed E-state index contributed by atoms with van der Waals surface area (Å²) >= 11 is 9.39. The van der Waals surface area contributed by atoms with Gasteiger partial charge in [-0.05, 0) is 64.8 Å². The molecule has 2 aromatic carbocycles. The number of nitrogens with one attached hydrogen (secondary N) is 1. The third-order valence-electron chi connectivity index (χ3n) is 4.24. The first kappa shape index (κ1) is 18.7. The minimum Gasteiger partial charge on any atom is -0.453 e. The summed E-state index contributed by atoms with van der Waals surface area (Å²) in [6.45, 7) is 1.91. The van der Waals surface area contributed by atoms with E-state index in [9.17, 15) is 4.79 Å². The number of hydrogen-bond acceptors (Lipinski definition) is 3. The highest BCUT2D eigenvalue weighted by molar-refractivity contribution is 9.10. The molecule has 8 heteroatoms. The molecule has 28 heavy (non-hydrogen) atoms. The highest BCUT2D eigenvalue weighted by Crippen LogP contribution is 2.35. The standard InChI is InChI=1S/C20H14BrClFN3O2/c1-11-7-13(22)9-14(8-11)28-18-15(21)5-4-12(17(18)23)10-26-16-3-2-6-24-19(16)25-20(26)27/h2-9H,10H2,1H3,(H,24,25,27). The number of rotatable bonds is 4. The van der Waals surface area contributed by atoms with E-state index in [1.807, 2.05) is 6.92 Å². The number of aryl methyl sites for hydroxylation is 1. The van der Waals surface area contributed by atoms with Gasteiger partial charge in [-0.3, -0.25) is 9.55 Å². The fourth-order valence-electron chi connectivity index (χ4n) is 2.98. The molecule has 0 radical (unpaired) electrons. The smallest absolute Gasteiger partial charge is 0.327 e. The number of imidazole rings is 1. The van der Waals surface area contributed by atoms with E-state index >= 15 is 4.39 Å². The largest absolute Gasteiger partial charge is 0.453 e. The molecule has 5 nitrogen and oxygen atoms in total. The van der Waals surface area contributed by atoms with Gasteiger partial charge < -0.3 is 4.74 Å². The van der Waals surface area contributed by atoms with Gasteiger partial charge in [-0.1, -0.05) is 17.7 Å². The molecule has 4 aromatic rings. The Bertz CT molecular complexity index is 1230. The molecule has 1 N–H and O–H groups in total. The molecule has 0 saturated carbocycles. The number of hydrogen-bond donors (Lipinski definition) is 1. The third kappa shape index (κ3) is 3.55. The number of halogens is 3. The Hall–Kier alpha value is -2.64. The molecular formula is C20H14BrClFN3O2. The van der Waals surface area contributed by atoms with Crippen LogP contribution in [0.1, 0.15) is 11.1 Å². The lowest BCUT2D eigenvalue weighted by Gasteiger charge is -2.13. The van der Waals surface area contributed by atoms with Gasteiger partial charge in [0.2, 0.25) is 0 Å². The van der Waals surface area contributed by atoms with E-state index in [4.69, 9.17) is 16.3 Å². The number of benzene rings is 2. The van der Waals surface area contributed by atoms with E-state index in [0.717, 1.165) is 5.56 Å². The van der Waals surface area contributed by atoms with Gasteiger partial charge in [0.05, 0.1) is 16.5 Å². The van der Waals surface area contributed by atoms with Crippen molar-refractivity contribution in [3.63, 3.8) is 0 Å². The maximum absolute atomic E-state index is 15.2. The predicted octanol–water partition coefficient (Wildman–Crippen LogP) is 5.43. The van der Waals surface area contributed by atoms with Crippen LogP contribution in [0.5, 0.6) is 11.5 Å². The summed E-state index contributed by atoms with van der Waals surface area (Å²) in [5.74, 6) is -0.0995. The van der Waals surface area contributed by atoms with Crippen LogP contribution in [0.3, 0.4) is 0 Å². The maximum atomic E-state index is 15.2. The Balaban J connectivity index is 1.74. The Morgan fingerprint density at radius 1 is 1.29 bits per heavy atom. The van der Waals surface area contributed by atoms with Crippen molar-refractivity contribution in [3.05, 3.63) is 85.6 Å². The molecule has 0 aliphatic heterocycles. The van der Waals surface area contributed by atoms with Crippen LogP contribution in [-0.2, 0) is 6.54 Å². The van der Waals surface area contributed by atoms with Crippen molar-refractivity contribution in [2.24, 2.45) is 0 Å². The van der Waals surface area contributed by atoms with Crippen molar-refractivity contribution in [1.29, 1.82) is 0 Å². The first-order valence-electron chi connectivity index (χ1n) is 8.38. The summed E-state index contributed by atoms with van der Waals surface area (Å²) in [5.41, 5.74) is 1.90. The predicted molar refractivity (Wildman–Crippen MR) is 110 cm³/mol. The second-order valence-electron chi connectivity index (χ2n) is 6.30. The summed E-state index contributed by atoms with van der Waals surface area (Å²) in [5, 5.41) is 0.500. The lowest BCUT2D eigenvalue weighted by atomic mass is 10.2. The number of H-pyrrole nitrogens is 1. The second-order valence-corrected chi connectivity index (χ2v) is 7.59. The van der Waals surface area contributed by atoms with E-state index in [-0.39, 0.29) is 18.0 Å². The van der Waals surface area contributed by atoms with Gasteiger partial charge in [0.1, 0.15) is 5.75 Å². The number of fused-ring (bicyclic) bond motifs is 1. The molecular weight excluding hydrogens is 449 g/mol. The van der Waals surface area contributed by atoms with Gasteiger partial charge in [-0.15, -0.1) is 0 Å². The van der Waals surface area contributed by atoms with Gasteiger partial charge in [-0.25, -0.2) is 14.2 Å². The molecule has 2 heterocycles. The van der Waals surface area contributed by atoms with Gasteiger partial charge in [0.15, 0.2) is 17.2 Å². The van der Waals surface area contributed by atoms with E-state index in [2.05, 4.69) is 25.9 Å². The lowest BCUT2D eigenvalue weighted by molar-refractivity contribution is 0.434.